The lowest BCUT2D eigenvalue weighted by Crippen LogP contribution is -2.54. The summed E-state index contributed by atoms with van der Waals surface area (Å²) in [7, 11) is 0. The van der Waals surface area contributed by atoms with Crippen molar-refractivity contribution in [3.05, 3.63) is 21.9 Å². The normalized spacial score (nSPS) is 26.3. The van der Waals surface area contributed by atoms with Crippen molar-refractivity contribution in [3.63, 3.8) is 0 Å². The van der Waals surface area contributed by atoms with Crippen LogP contribution in [-0.4, -0.2) is 55.9 Å². The smallest absolute Gasteiger partial charge is 0.234 e. The molecule has 6 heteroatoms. The summed E-state index contributed by atoms with van der Waals surface area (Å²) in [6.07, 6.45) is 0.930. The second-order valence-corrected chi connectivity index (χ2v) is 6.85. The predicted octanol–water partition coefficient (Wildman–Crippen LogP) is 1.16. The summed E-state index contributed by atoms with van der Waals surface area (Å²) in [6.45, 7) is 6.84. The molecule has 2 aliphatic rings. The highest BCUT2D eigenvalue weighted by atomic mass is 32.1. The largest absolute Gasteiger partial charge is 0.378 e. The highest BCUT2D eigenvalue weighted by Crippen LogP contribution is 2.27. The van der Waals surface area contributed by atoms with Crippen molar-refractivity contribution in [2.45, 2.75) is 25.5 Å². The van der Waals surface area contributed by atoms with Gasteiger partial charge in [0, 0.05) is 31.0 Å². The maximum absolute atomic E-state index is 12.1. The number of ether oxygens (including phenoxy) is 2. The summed E-state index contributed by atoms with van der Waals surface area (Å²) < 4.78 is 11.3. The van der Waals surface area contributed by atoms with E-state index in [1.807, 2.05) is 0 Å². The molecule has 5 nitrogen and oxygen atoms in total. The van der Waals surface area contributed by atoms with Crippen molar-refractivity contribution in [1.82, 2.24) is 10.2 Å². The SMILES string of the molecule is Cc1ccsc1CNC(=O)CN1CCOC2(CCOC2)C1. The van der Waals surface area contributed by atoms with E-state index in [0.29, 0.717) is 26.3 Å². The number of nitrogens with one attached hydrogen (secondary N) is 1. The molecule has 0 saturated carbocycles. The van der Waals surface area contributed by atoms with Crippen molar-refractivity contribution in [1.29, 1.82) is 0 Å². The number of nitrogens with zero attached hydrogens (tertiary/aromatic N) is 1. The van der Waals surface area contributed by atoms with Gasteiger partial charge < -0.3 is 14.8 Å². The lowest BCUT2D eigenvalue weighted by Gasteiger charge is -2.39. The van der Waals surface area contributed by atoms with Crippen LogP contribution in [-0.2, 0) is 20.8 Å². The minimum Gasteiger partial charge on any atom is -0.378 e. The van der Waals surface area contributed by atoms with E-state index < -0.39 is 0 Å². The van der Waals surface area contributed by atoms with Crippen LogP contribution in [0.25, 0.3) is 0 Å². The van der Waals surface area contributed by atoms with Gasteiger partial charge in [0.2, 0.25) is 5.91 Å². The molecule has 1 atom stereocenters. The number of carbonyl (C=O) groups is 1. The molecular formula is C15H22N2O3S. The van der Waals surface area contributed by atoms with E-state index in [2.05, 4.69) is 28.6 Å². The summed E-state index contributed by atoms with van der Waals surface area (Å²) in [6, 6.07) is 2.08. The van der Waals surface area contributed by atoms with Crippen LogP contribution >= 0.6 is 11.3 Å². The zero-order valence-electron chi connectivity index (χ0n) is 12.4. The molecule has 1 unspecified atom stereocenters. The van der Waals surface area contributed by atoms with Crippen LogP contribution in [0.15, 0.2) is 11.4 Å². The van der Waals surface area contributed by atoms with E-state index >= 15 is 0 Å². The number of carbonyl (C=O) groups excluding carboxylic acids is 1. The number of hydrogen-bond acceptors (Lipinski definition) is 5. The first kappa shape index (κ1) is 15.0. The number of aryl methyl sites for hydroxylation is 1. The average molecular weight is 310 g/mol. The van der Waals surface area contributed by atoms with Gasteiger partial charge in [-0.1, -0.05) is 0 Å². The van der Waals surface area contributed by atoms with Gasteiger partial charge in [-0.05, 0) is 23.9 Å². The Bertz CT molecular complexity index is 497. The van der Waals surface area contributed by atoms with Crippen molar-refractivity contribution in [2.24, 2.45) is 0 Å². The number of rotatable bonds is 4. The van der Waals surface area contributed by atoms with E-state index in [0.717, 1.165) is 26.1 Å². The molecule has 0 radical (unpaired) electrons. The number of hydrogen-bond donors (Lipinski definition) is 1. The van der Waals surface area contributed by atoms with Crippen LogP contribution in [0.2, 0.25) is 0 Å². The summed E-state index contributed by atoms with van der Waals surface area (Å²) >= 11 is 1.69. The Kier molecular flexibility index (Phi) is 4.59. The Morgan fingerprint density at radius 3 is 3.14 bits per heavy atom. The topological polar surface area (TPSA) is 50.8 Å². The second kappa shape index (κ2) is 6.44. The Hall–Kier alpha value is -0.950. The molecule has 1 aromatic heterocycles. The van der Waals surface area contributed by atoms with Crippen molar-refractivity contribution in [3.8, 4) is 0 Å². The molecule has 2 aliphatic heterocycles. The highest BCUT2D eigenvalue weighted by molar-refractivity contribution is 7.10. The number of morpholine rings is 1. The molecule has 1 amide bonds. The van der Waals surface area contributed by atoms with Crippen molar-refractivity contribution in [2.75, 3.05) is 39.5 Å². The lowest BCUT2D eigenvalue weighted by atomic mass is 10.0. The number of thiophene rings is 1. The van der Waals surface area contributed by atoms with E-state index in [1.54, 1.807) is 11.3 Å². The first-order valence-electron chi connectivity index (χ1n) is 7.41. The third-order valence-corrected chi connectivity index (χ3v) is 5.20. The zero-order valence-corrected chi connectivity index (χ0v) is 13.2. The van der Waals surface area contributed by atoms with Gasteiger partial charge in [0.15, 0.2) is 0 Å². The molecule has 0 bridgehead atoms. The van der Waals surface area contributed by atoms with E-state index in [-0.39, 0.29) is 11.5 Å². The maximum atomic E-state index is 12.1. The van der Waals surface area contributed by atoms with Crippen LogP contribution in [0.1, 0.15) is 16.9 Å². The van der Waals surface area contributed by atoms with Crippen molar-refractivity contribution >= 4 is 17.2 Å². The maximum Gasteiger partial charge on any atom is 0.234 e. The van der Waals surface area contributed by atoms with Crippen LogP contribution < -0.4 is 5.32 Å². The minimum absolute atomic E-state index is 0.0822. The van der Waals surface area contributed by atoms with Gasteiger partial charge in [0.1, 0.15) is 5.60 Å². The monoisotopic (exact) mass is 310 g/mol. The molecule has 3 heterocycles. The van der Waals surface area contributed by atoms with Crippen LogP contribution in [0.3, 0.4) is 0 Å². The average Bonchev–Trinajstić information content (AvgIpc) is 3.06. The van der Waals surface area contributed by atoms with Gasteiger partial charge in [-0.25, -0.2) is 0 Å². The fourth-order valence-electron chi connectivity index (χ4n) is 2.91. The summed E-state index contributed by atoms with van der Waals surface area (Å²) in [5.74, 6) is 0.0822. The van der Waals surface area contributed by atoms with Crippen LogP contribution in [0, 0.1) is 6.92 Å². The molecule has 21 heavy (non-hydrogen) atoms. The second-order valence-electron chi connectivity index (χ2n) is 5.85. The van der Waals surface area contributed by atoms with Crippen molar-refractivity contribution < 1.29 is 14.3 Å². The van der Waals surface area contributed by atoms with Gasteiger partial charge in [-0.3, -0.25) is 9.69 Å². The molecule has 2 saturated heterocycles. The summed E-state index contributed by atoms with van der Waals surface area (Å²) in [5, 5.41) is 5.07. The molecule has 116 valence electrons. The highest BCUT2D eigenvalue weighted by Gasteiger charge is 2.40. The fraction of sp³-hybridized carbons (Fsp3) is 0.667. The van der Waals surface area contributed by atoms with E-state index in [4.69, 9.17) is 9.47 Å². The molecule has 1 spiro atoms. The van der Waals surface area contributed by atoms with Gasteiger partial charge in [-0.2, -0.15) is 0 Å². The lowest BCUT2D eigenvalue weighted by molar-refractivity contribution is -0.131. The summed E-state index contributed by atoms with van der Waals surface area (Å²) in [4.78, 5) is 15.5. The summed E-state index contributed by atoms with van der Waals surface area (Å²) in [5.41, 5.74) is 1.07. The number of amides is 1. The third-order valence-electron chi connectivity index (χ3n) is 4.18. The minimum atomic E-state index is -0.178. The molecule has 2 fully saturated rings. The molecule has 1 N–H and O–H groups in total. The fourth-order valence-corrected chi connectivity index (χ4v) is 3.75. The predicted molar refractivity (Wildman–Crippen MR) is 81.5 cm³/mol. The van der Waals surface area contributed by atoms with Gasteiger partial charge in [0.25, 0.3) is 0 Å². The van der Waals surface area contributed by atoms with Gasteiger partial charge in [-0.15, -0.1) is 11.3 Å². The Labute approximate surface area is 129 Å². The standard InChI is InChI=1S/C15H22N2O3S/c1-12-2-7-21-13(12)8-16-14(18)9-17-4-6-20-15(10-17)3-5-19-11-15/h2,7H,3-6,8-11H2,1H3,(H,16,18). The quantitative estimate of drug-likeness (QED) is 0.907. The van der Waals surface area contributed by atoms with E-state index in [1.165, 1.54) is 10.4 Å². The van der Waals surface area contributed by atoms with Crippen LogP contribution in [0.4, 0.5) is 0 Å². The third kappa shape index (κ3) is 3.63. The molecule has 0 aromatic carbocycles. The molecular weight excluding hydrogens is 288 g/mol. The van der Waals surface area contributed by atoms with Gasteiger partial charge >= 0.3 is 0 Å². The first-order chi connectivity index (χ1) is 10.2. The van der Waals surface area contributed by atoms with E-state index in [9.17, 15) is 4.79 Å². The first-order valence-corrected chi connectivity index (χ1v) is 8.29. The molecule has 0 aliphatic carbocycles. The Morgan fingerprint density at radius 2 is 2.43 bits per heavy atom. The van der Waals surface area contributed by atoms with Gasteiger partial charge in [0.05, 0.1) is 26.3 Å². The molecule has 1 aromatic rings. The zero-order chi connectivity index (χ0) is 14.7. The molecule has 3 rings (SSSR count). The Balaban J connectivity index is 1.47. The Morgan fingerprint density at radius 1 is 1.52 bits per heavy atom. The van der Waals surface area contributed by atoms with Crippen LogP contribution in [0.5, 0.6) is 0 Å².